The van der Waals surface area contributed by atoms with E-state index in [9.17, 15) is 9.18 Å². The number of hydrogen-bond donors (Lipinski definition) is 0. The molecule has 0 aliphatic rings. The molecule has 0 fully saturated rings. The van der Waals surface area contributed by atoms with Gasteiger partial charge in [-0.2, -0.15) is 5.10 Å². The third kappa shape index (κ3) is 3.49. The van der Waals surface area contributed by atoms with Gasteiger partial charge in [0.05, 0.1) is 12.2 Å². The van der Waals surface area contributed by atoms with Crippen molar-refractivity contribution in [2.45, 2.75) is 37.8 Å². The van der Waals surface area contributed by atoms with Gasteiger partial charge >= 0.3 is 0 Å². The summed E-state index contributed by atoms with van der Waals surface area (Å²) >= 11 is 2.96. The summed E-state index contributed by atoms with van der Waals surface area (Å²) in [4.78, 5) is 19.1. The number of nitrogens with zero attached hydrogens (tertiary/aromatic N) is 4. The van der Waals surface area contributed by atoms with Gasteiger partial charge in [-0.05, 0) is 36.9 Å². The highest BCUT2D eigenvalue weighted by Crippen LogP contribution is 2.25. The monoisotopic (exact) mass is 414 g/mol. The lowest BCUT2D eigenvalue weighted by molar-refractivity contribution is 0.616. The molecule has 0 amide bonds. The van der Waals surface area contributed by atoms with Crippen molar-refractivity contribution in [2.24, 2.45) is 0 Å². The highest BCUT2D eigenvalue weighted by atomic mass is 32.2. The van der Waals surface area contributed by atoms with Crippen molar-refractivity contribution < 1.29 is 4.39 Å². The van der Waals surface area contributed by atoms with Crippen molar-refractivity contribution in [3.8, 4) is 0 Å². The molecule has 1 aromatic carbocycles. The predicted molar refractivity (Wildman–Crippen MR) is 112 cm³/mol. The van der Waals surface area contributed by atoms with Crippen molar-refractivity contribution in [1.82, 2.24) is 19.3 Å². The molecule has 8 heteroatoms. The molecule has 5 nitrogen and oxygen atoms in total. The van der Waals surface area contributed by atoms with E-state index in [1.165, 1.54) is 17.8 Å². The second kappa shape index (κ2) is 7.89. The molecule has 0 aliphatic carbocycles. The normalized spacial score (nSPS) is 11.4. The molecule has 0 atom stereocenters. The molecule has 4 rings (SSSR count). The van der Waals surface area contributed by atoms with Gasteiger partial charge in [0.1, 0.15) is 11.3 Å². The third-order valence-electron chi connectivity index (χ3n) is 4.49. The molecule has 0 N–H and O–H groups in total. The maximum Gasteiger partial charge on any atom is 0.280 e. The van der Waals surface area contributed by atoms with Gasteiger partial charge in [-0.25, -0.2) is 9.37 Å². The highest BCUT2D eigenvalue weighted by molar-refractivity contribution is 7.98. The maximum atomic E-state index is 14.0. The highest BCUT2D eigenvalue weighted by Gasteiger charge is 2.19. The Balaban J connectivity index is 1.82. The summed E-state index contributed by atoms with van der Waals surface area (Å²) in [6, 6.07) is 10.6. The van der Waals surface area contributed by atoms with E-state index in [1.54, 1.807) is 32.7 Å². The largest absolute Gasteiger partial charge is 0.280 e. The van der Waals surface area contributed by atoms with Gasteiger partial charge in [0, 0.05) is 17.2 Å². The molecule has 0 saturated carbocycles. The van der Waals surface area contributed by atoms with Gasteiger partial charge in [0.2, 0.25) is 0 Å². The van der Waals surface area contributed by atoms with Crippen molar-refractivity contribution in [3.05, 3.63) is 74.1 Å². The molecule has 0 aliphatic heterocycles. The van der Waals surface area contributed by atoms with E-state index in [-0.39, 0.29) is 11.4 Å². The Morgan fingerprint density at radius 3 is 2.75 bits per heavy atom. The zero-order valence-corrected chi connectivity index (χ0v) is 17.2. The molecule has 3 heterocycles. The minimum atomic E-state index is -0.252. The number of aryl methyl sites for hydroxylation is 2. The SMILES string of the molecule is CCn1nc(C)c2nc(SCc3ccccc3F)n(Cc3cccs3)c(=O)c21. The van der Waals surface area contributed by atoms with Crippen LogP contribution < -0.4 is 5.56 Å². The van der Waals surface area contributed by atoms with Crippen molar-refractivity contribution >= 4 is 34.1 Å². The smallest absolute Gasteiger partial charge is 0.280 e. The summed E-state index contributed by atoms with van der Waals surface area (Å²) in [6.07, 6.45) is 0. The van der Waals surface area contributed by atoms with E-state index < -0.39 is 0 Å². The Hall–Kier alpha value is -2.45. The van der Waals surface area contributed by atoms with Crippen LogP contribution in [0.25, 0.3) is 11.0 Å². The molecule has 144 valence electrons. The third-order valence-corrected chi connectivity index (χ3v) is 6.38. The van der Waals surface area contributed by atoms with Crippen LogP contribution in [-0.2, 0) is 18.8 Å². The number of hydrogen-bond acceptors (Lipinski definition) is 5. The standard InChI is InChI=1S/C20H19FN4OS2/c1-3-25-18-17(13(2)23-25)22-20(28-12-14-7-4-5-9-16(14)21)24(19(18)26)11-15-8-6-10-27-15/h4-10H,3,11-12H2,1-2H3. The number of benzene rings is 1. The average molecular weight is 415 g/mol. The van der Waals surface area contributed by atoms with E-state index in [4.69, 9.17) is 4.98 Å². The van der Waals surface area contributed by atoms with Crippen LogP contribution in [-0.4, -0.2) is 19.3 Å². The molecule has 0 spiro atoms. The topological polar surface area (TPSA) is 52.7 Å². The summed E-state index contributed by atoms with van der Waals surface area (Å²) in [6.45, 7) is 4.85. The second-order valence-corrected chi connectivity index (χ2v) is 8.32. The predicted octanol–water partition coefficient (Wildman–Crippen LogP) is 4.46. The molecule has 0 bridgehead atoms. The van der Waals surface area contributed by atoms with E-state index in [1.807, 2.05) is 37.4 Å². The average Bonchev–Trinajstić information content (AvgIpc) is 3.31. The first kappa shape index (κ1) is 18.9. The Bertz CT molecular complexity index is 1180. The first-order valence-corrected chi connectivity index (χ1v) is 10.8. The fourth-order valence-electron chi connectivity index (χ4n) is 3.08. The van der Waals surface area contributed by atoms with Crippen molar-refractivity contribution in [1.29, 1.82) is 0 Å². The van der Waals surface area contributed by atoms with Crippen LogP contribution in [0.5, 0.6) is 0 Å². The number of thiophene rings is 1. The Labute approximate surface area is 169 Å². The number of rotatable bonds is 6. The van der Waals surface area contributed by atoms with Crippen LogP contribution in [0.2, 0.25) is 0 Å². The Morgan fingerprint density at radius 1 is 1.21 bits per heavy atom. The molecule has 0 saturated heterocycles. The number of aromatic nitrogens is 4. The zero-order chi connectivity index (χ0) is 19.7. The summed E-state index contributed by atoms with van der Waals surface area (Å²) in [5, 5.41) is 7.02. The van der Waals surface area contributed by atoms with Gasteiger partial charge in [-0.1, -0.05) is 36.0 Å². The molecule has 0 radical (unpaired) electrons. The first-order chi connectivity index (χ1) is 13.6. The number of halogens is 1. The van der Waals surface area contributed by atoms with E-state index in [0.717, 1.165) is 10.6 Å². The summed E-state index contributed by atoms with van der Waals surface area (Å²) < 4.78 is 17.4. The van der Waals surface area contributed by atoms with Crippen LogP contribution in [0.4, 0.5) is 4.39 Å². The molecular formula is C20H19FN4OS2. The maximum absolute atomic E-state index is 14.0. The summed E-state index contributed by atoms with van der Waals surface area (Å²) in [7, 11) is 0. The fraction of sp³-hybridized carbons (Fsp3) is 0.250. The Morgan fingerprint density at radius 2 is 2.04 bits per heavy atom. The van der Waals surface area contributed by atoms with Crippen LogP contribution in [0.1, 0.15) is 23.1 Å². The molecule has 28 heavy (non-hydrogen) atoms. The van der Waals surface area contributed by atoms with Crippen LogP contribution in [0.15, 0.2) is 51.7 Å². The summed E-state index contributed by atoms with van der Waals surface area (Å²) in [5.74, 6) is 0.147. The second-order valence-electron chi connectivity index (χ2n) is 6.34. The van der Waals surface area contributed by atoms with E-state index >= 15 is 0 Å². The number of fused-ring (bicyclic) bond motifs is 1. The van der Waals surface area contributed by atoms with Crippen LogP contribution in [0, 0.1) is 12.7 Å². The minimum Gasteiger partial charge on any atom is -0.280 e. The van der Waals surface area contributed by atoms with Gasteiger partial charge < -0.3 is 0 Å². The van der Waals surface area contributed by atoms with Crippen LogP contribution in [0.3, 0.4) is 0 Å². The molecule has 0 unspecified atom stereocenters. The first-order valence-electron chi connectivity index (χ1n) is 8.95. The number of thioether (sulfide) groups is 1. The fourth-order valence-corrected chi connectivity index (χ4v) is 4.75. The molecule has 4 aromatic rings. The van der Waals surface area contributed by atoms with E-state index in [0.29, 0.717) is 40.6 Å². The van der Waals surface area contributed by atoms with Crippen molar-refractivity contribution in [2.75, 3.05) is 0 Å². The van der Waals surface area contributed by atoms with Gasteiger partial charge in [0.15, 0.2) is 10.7 Å². The quantitative estimate of drug-likeness (QED) is 0.345. The van der Waals surface area contributed by atoms with Gasteiger partial charge in [-0.15, -0.1) is 11.3 Å². The lowest BCUT2D eigenvalue weighted by Crippen LogP contribution is -2.25. The van der Waals surface area contributed by atoms with E-state index in [2.05, 4.69) is 5.10 Å². The Kier molecular flexibility index (Phi) is 5.32. The van der Waals surface area contributed by atoms with Gasteiger partial charge in [0.25, 0.3) is 5.56 Å². The summed E-state index contributed by atoms with van der Waals surface area (Å²) in [5.41, 5.74) is 2.34. The minimum absolute atomic E-state index is 0.114. The van der Waals surface area contributed by atoms with Crippen molar-refractivity contribution in [3.63, 3.8) is 0 Å². The molecular weight excluding hydrogens is 395 g/mol. The zero-order valence-electron chi connectivity index (χ0n) is 15.6. The lowest BCUT2D eigenvalue weighted by Gasteiger charge is -2.12. The lowest BCUT2D eigenvalue weighted by atomic mass is 10.2. The van der Waals surface area contributed by atoms with Crippen LogP contribution >= 0.6 is 23.1 Å². The molecule has 3 aromatic heterocycles. The van der Waals surface area contributed by atoms with Gasteiger partial charge in [-0.3, -0.25) is 14.0 Å².